The van der Waals surface area contributed by atoms with Gasteiger partial charge in [-0.1, -0.05) is 6.07 Å². The Kier molecular flexibility index (Phi) is 2.45. The molecule has 1 fully saturated rings. The SMILES string of the molecule is CC1NC(c2ccccn2)CNC1=O. The Bertz CT molecular complexity index is 325. The lowest BCUT2D eigenvalue weighted by molar-refractivity contribution is -0.124. The molecular weight excluding hydrogens is 178 g/mol. The third-order valence-electron chi connectivity index (χ3n) is 2.37. The average Bonchev–Trinajstić information content (AvgIpc) is 2.23. The van der Waals surface area contributed by atoms with Crippen LogP contribution in [0.4, 0.5) is 0 Å². The number of hydrogen-bond donors (Lipinski definition) is 2. The number of nitrogens with one attached hydrogen (secondary N) is 2. The van der Waals surface area contributed by atoms with Gasteiger partial charge in [-0.15, -0.1) is 0 Å². The zero-order valence-electron chi connectivity index (χ0n) is 8.03. The molecule has 1 aromatic heterocycles. The zero-order valence-corrected chi connectivity index (χ0v) is 8.03. The number of rotatable bonds is 1. The molecule has 74 valence electrons. The maximum absolute atomic E-state index is 11.2. The highest BCUT2D eigenvalue weighted by atomic mass is 16.2. The van der Waals surface area contributed by atoms with E-state index in [0.717, 1.165) is 5.69 Å². The quantitative estimate of drug-likeness (QED) is 0.668. The van der Waals surface area contributed by atoms with E-state index in [1.807, 2.05) is 25.1 Å². The van der Waals surface area contributed by atoms with Gasteiger partial charge in [0, 0.05) is 12.7 Å². The lowest BCUT2D eigenvalue weighted by Gasteiger charge is -2.28. The second-order valence-corrected chi connectivity index (χ2v) is 3.44. The Labute approximate surface area is 82.7 Å². The van der Waals surface area contributed by atoms with Gasteiger partial charge in [0.15, 0.2) is 0 Å². The normalized spacial score (nSPS) is 27.1. The van der Waals surface area contributed by atoms with Crippen molar-refractivity contribution in [2.75, 3.05) is 6.54 Å². The largest absolute Gasteiger partial charge is 0.353 e. The molecule has 0 aliphatic carbocycles. The molecular formula is C10H13N3O. The van der Waals surface area contributed by atoms with Crippen LogP contribution in [0.5, 0.6) is 0 Å². The van der Waals surface area contributed by atoms with Gasteiger partial charge in [-0.25, -0.2) is 0 Å². The average molecular weight is 191 g/mol. The number of hydrogen-bond acceptors (Lipinski definition) is 3. The molecule has 4 nitrogen and oxygen atoms in total. The molecule has 14 heavy (non-hydrogen) atoms. The third kappa shape index (κ3) is 1.75. The van der Waals surface area contributed by atoms with Crippen molar-refractivity contribution in [2.24, 2.45) is 0 Å². The van der Waals surface area contributed by atoms with E-state index < -0.39 is 0 Å². The van der Waals surface area contributed by atoms with Crippen molar-refractivity contribution in [3.8, 4) is 0 Å². The highest BCUT2D eigenvalue weighted by Gasteiger charge is 2.25. The molecule has 1 amide bonds. The summed E-state index contributed by atoms with van der Waals surface area (Å²) in [6, 6.07) is 5.78. The smallest absolute Gasteiger partial charge is 0.236 e. The van der Waals surface area contributed by atoms with Gasteiger partial charge in [0.1, 0.15) is 0 Å². The molecule has 4 heteroatoms. The lowest BCUT2D eigenvalue weighted by Crippen LogP contribution is -2.53. The summed E-state index contributed by atoms with van der Waals surface area (Å²) < 4.78 is 0. The van der Waals surface area contributed by atoms with Crippen molar-refractivity contribution in [3.05, 3.63) is 30.1 Å². The van der Waals surface area contributed by atoms with Crippen LogP contribution in [0.1, 0.15) is 18.7 Å². The Balaban J connectivity index is 2.11. The van der Waals surface area contributed by atoms with Crippen LogP contribution >= 0.6 is 0 Å². The van der Waals surface area contributed by atoms with Gasteiger partial charge < -0.3 is 5.32 Å². The highest BCUT2D eigenvalue weighted by Crippen LogP contribution is 2.12. The minimum absolute atomic E-state index is 0.0529. The summed E-state index contributed by atoms with van der Waals surface area (Å²) >= 11 is 0. The number of amides is 1. The second kappa shape index (κ2) is 3.75. The fourth-order valence-corrected chi connectivity index (χ4v) is 1.56. The summed E-state index contributed by atoms with van der Waals surface area (Å²) in [5.74, 6) is 0.0529. The van der Waals surface area contributed by atoms with E-state index in [2.05, 4.69) is 15.6 Å². The molecule has 2 rings (SSSR count). The monoisotopic (exact) mass is 191 g/mol. The lowest BCUT2D eigenvalue weighted by atomic mass is 10.1. The molecule has 1 aliphatic heterocycles. The molecule has 2 unspecified atom stereocenters. The van der Waals surface area contributed by atoms with Crippen LogP contribution in [0.25, 0.3) is 0 Å². The molecule has 0 aromatic carbocycles. The van der Waals surface area contributed by atoms with E-state index in [0.29, 0.717) is 6.54 Å². The first-order chi connectivity index (χ1) is 6.77. The van der Waals surface area contributed by atoms with Crippen LogP contribution in [0, 0.1) is 0 Å². The number of carbonyl (C=O) groups excluding carboxylic acids is 1. The molecule has 2 heterocycles. The number of aromatic nitrogens is 1. The molecule has 1 aliphatic rings. The number of pyridine rings is 1. The molecule has 0 bridgehead atoms. The third-order valence-corrected chi connectivity index (χ3v) is 2.37. The van der Waals surface area contributed by atoms with Crippen LogP contribution < -0.4 is 10.6 Å². The van der Waals surface area contributed by atoms with Crippen molar-refractivity contribution < 1.29 is 4.79 Å². The van der Waals surface area contributed by atoms with Gasteiger partial charge in [-0.2, -0.15) is 0 Å². The molecule has 0 saturated carbocycles. The molecule has 0 radical (unpaired) electrons. The van der Waals surface area contributed by atoms with Crippen molar-refractivity contribution in [1.82, 2.24) is 15.6 Å². The first kappa shape index (κ1) is 9.15. The summed E-state index contributed by atoms with van der Waals surface area (Å²) in [6.07, 6.45) is 1.76. The van der Waals surface area contributed by atoms with E-state index >= 15 is 0 Å². The van der Waals surface area contributed by atoms with Gasteiger partial charge in [0.25, 0.3) is 0 Å². The second-order valence-electron chi connectivity index (χ2n) is 3.44. The standard InChI is InChI=1S/C10H13N3O/c1-7-10(14)12-6-9(13-7)8-4-2-3-5-11-8/h2-5,7,9,13H,6H2,1H3,(H,12,14). The Morgan fingerprint density at radius 1 is 1.50 bits per heavy atom. The summed E-state index contributed by atoms with van der Waals surface area (Å²) in [5, 5.41) is 6.05. The number of nitrogens with zero attached hydrogens (tertiary/aromatic N) is 1. The molecule has 2 atom stereocenters. The maximum Gasteiger partial charge on any atom is 0.236 e. The van der Waals surface area contributed by atoms with Gasteiger partial charge in [0.05, 0.1) is 17.8 Å². The summed E-state index contributed by atoms with van der Waals surface area (Å²) in [5.41, 5.74) is 0.972. The Hall–Kier alpha value is -1.42. The summed E-state index contributed by atoms with van der Waals surface area (Å²) in [4.78, 5) is 15.4. The highest BCUT2D eigenvalue weighted by molar-refractivity contribution is 5.82. The maximum atomic E-state index is 11.2. The topological polar surface area (TPSA) is 54.0 Å². The fraction of sp³-hybridized carbons (Fsp3) is 0.400. The van der Waals surface area contributed by atoms with E-state index in [1.54, 1.807) is 6.20 Å². The van der Waals surface area contributed by atoms with E-state index in [-0.39, 0.29) is 18.0 Å². The summed E-state index contributed by atoms with van der Waals surface area (Å²) in [7, 11) is 0. The van der Waals surface area contributed by atoms with Crippen LogP contribution in [0.2, 0.25) is 0 Å². The van der Waals surface area contributed by atoms with E-state index in [1.165, 1.54) is 0 Å². The molecule has 1 saturated heterocycles. The predicted molar refractivity (Wildman–Crippen MR) is 52.6 cm³/mol. The van der Waals surface area contributed by atoms with E-state index in [9.17, 15) is 4.79 Å². The van der Waals surface area contributed by atoms with Gasteiger partial charge >= 0.3 is 0 Å². The first-order valence-corrected chi connectivity index (χ1v) is 4.72. The zero-order chi connectivity index (χ0) is 9.97. The fourth-order valence-electron chi connectivity index (χ4n) is 1.56. The van der Waals surface area contributed by atoms with Crippen LogP contribution in [-0.4, -0.2) is 23.5 Å². The molecule has 1 aromatic rings. The Morgan fingerprint density at radius 2 is 2.36 bits per heavy atom. The van der Waals surface area contributed by atoms with E-state index in [4.69, 9.17) is 0 Å². The minimum Gasteiger partial charge on any atom is -0.353 e. The van der Waals surface area contributed by atoms with Crippen molar-refractivity contribution >= 4 is 5.91 Å². The number of piperazine rings is 1. The van der Waals surface area contributed by atoms with Crippen molar-refractivity contribution in [3.63, 3.8) is 0 Å². The predicted octanol–water partition coefficient (Wildman–Crippen LogP) is 0.231. The van der Waals surface area contributed by atoms with Gasteiger partial charge in [-0.05, 0) is 19.1 Å². The van der Waals surface area contributed by atoms with Gasteiger partial charge in [-0.3, -0.25) is 15.1 Å². The van der Waals surface area contributed by atoms with Crippen LogP contribution in [0.3, 0.4) is 0 Å². The first-order valence-electron chi connectivity index (χ1n) is 4.72. The van der Waals surface area contributed by atoms with Gasteiger partial charge in [0.2, 0.25) is 5.91 Å². The number of carbonyl (C=O) groups is 1. The minimum atomic E-state index is -0.143. The summed E-state index contributed by atoms with van der Waals surface area (Å²) in [6.45, 7) is 2.46. The van der Waals surface area contributed by atoms with Crippen molar-refractivity contribution in [2.45, 2.75) is 19.0 Å². The molecule has 0 spiro atoms. The molecule has 2 N–H and O–H groups in total. The van der Waals surface area contributed by atoms with Crippen LogP contribution in [0.15, 0.2) is 24.4 Å². The van der Waals surface area contributed by atoms with Crippen LogP contribution in [-0.2, 0) is 4.79 Å². The van der Waals surface area contributed by atoms with Crippen molar-refractivity contribution in [1.29, 1.82) is 0 Å². The Morgan fingerprint density at radius 3 is 3.00 bits per heavy atom.